The van der Waals surface area contributed by atoms with Crippen molar-refractivity contribution in [3.63, 3.8) is 0 Å². The molecule has 0 fully saturated rings. The second kappa shape index (κ2) is 7.60. The summed E-state index contributed by atoms with van der Waals surface area (Å²) in [5.41, 5.74) is 0.419. The van der Waals surface area contributed by atoms with Gasteiger partial charge < -0.3 is 14.4 Å². The van der Waals surface area contributed by atoms with Crippen LogP contribution in [-0.2, 0) is 18.4 Å². The Hall–Kier alpha value is -0.640. The quantitative estimate of drug-likeness (QED) is 0.527. The fraction of sp³-hybridized carbons (Fsp3) is 0.700. The van der Waals surface area contributed by atoms with Crippen molar-refractivity contribution in [2.24, 2.45) is 0 Å². The van der Waals surface area contributed by atoms with Gasteiger partial charge in [0.25, 0.3) is 0 Å². The van der Waals surface area contributed by atoms with Gasteiger partial charge in [-0.3, -0.25) is 9.36 Å². The molecule has 16 heavy (non-hydrogen) atoms. The van der Waals surface area contributed by atoms with E-state index in [1.54, 1.807) is 20.8 Å². The Bertz CT molecular complexity index is 281. The Kier molecular flexibility index (Phi) is 7.30. The summed E-state index contributed by atoms with van der Waals surface area (Å²) in [6, 6.07) is 0. The fourth-order valence-corrected chi connectivity index (χ4v) is 2.52. The van der Waals surface area contributed by atoms with Crippen molar-refractivity contribution in [3.05, 3.63) is 12.2 Å². The summed E-state index contributed by atoms with van der Waals surface area (Å²) >= 11 is 0. The third kappa shape index (κ3) is 6.05. The molecular weight excluding hydrogens is 229 g/mol. The highest BCUT2D eigenvalue weighted by molar-refractivity contribution is 7.53. The van der Waals surface area contributed by atoms with Crippen LogP contribution in [0.15, 0.2) is 12.2 Å². The van der Waals surface area contributed by atoms with Crippen LogP contribution >= 0.6 is 7.60 Å². The molecule has 94 valence electrons. The molecule has 0 saturated heterocycles. The van der Waals surface area contributed by atoms with Crippen LogP contribution in [0.2, 0.25) is 0 Å². The van der Waals surface area contributed by atoms with Gasteiger partial charge in [0.05, 0.1) is 19.4 Å². The van der Waals surface area contributed by atoms with Crippen molar-refractivity contribution < 1.29 is 18.4 Å². The van der Waals surface area contributed by atoms with Crippen molar-refractivity contribution in [1.82, 2.24) is 5.32 Å². The molecule has 0 saturated carbocycles. The van der Waals surface area contributed by atoms with Gasteiger partial charge in [0.1, 0.15) is 0 Å². The van der Waals surface area contributed by atoms with E-state index in [0.29, 0.717) is 18.8 Å². The summed E-state index contributed by atoms with van der Waals surface area (Å²) in [5.74, 6) is -0.250. The zero-order valence-corrected chi connectivity index (χ0v) is 11.0. The van der Waals surface area contributed by atoms with Crippen LogP contribution in [0, 0.1) is 0 Å². The van der Waals surface area contributed by atoms with E-state index < -0.39 is 7.60 Å². The predicted octanol–water partition coefficient (Wildman–Crippen LogP) is 1.94. The van der Waals surface area contributed by atoms with Gasteiger partial charge in [0.2, 0.25) is 5.91 Å². The lowest BCUT2D eigenvalue weighted by atomic mass is 10.3. The first-order chi connectivity index (χ1) is 7.45. The highest BCUT2D eigenvalue weighted by atomic mass is 31.2. The van der Waals surface area contributed by atoms with Gasteiger partial charge >= 0.3 is 7.60 Å². The zero-order valence-electron chi connectivity index (χ0n) is 10.1. The molecule has 0 heterocycles. The minimum atomic E-state index is -3.05. The zero-order chi connectivity index (χ0) is 12.6. The number of rotatable bonds is 8. The van der Waals surface area contributed by atoms with E-state index in [1.165, 1.54) is 0 Å². The second-order valence-corrected chi connectivity index (χ2v) is 5.39. The number of nitrogens with one attached hydrogen (secondary N) is 1. The fourth-order valence-electron chi connectivity index (χ4n) is 1.02. The van der Waals surface area contributed by atoms with E-state index in [0.717, 1.165) is 0 Å². The molecule has 1 amide bonds. The average molecular weight is 249 g/mol. The molecule has 0 aromatic rings. The molecule has 1 N–H and O–H groups in total. The lowest BCUT2D eigenvalue weighted by molar-refractivity contribution is -0.117. The molecule has 5 nitrogen and oxygen atoms in total. The van der Waals surface area contributed by atoms with Gasteiger partial charge in [-0.2, -0.15) is 0 Å². The van der Waals surface area contributed by atoms with E-state index in [2.05, 4.69) is 11.9 Å². The van der Waals surface area contributed by atoms with E-state index >= 15 is 0 Å². The minimum Gasteiger partial charge on any atom is -0.352 e. The predicted molar refractivity (Wildman–Crippen MR) is 63.5 cm³/mol. The smallest absolute Gasteiger partial charge is 0.332 e. The van der Waals surface area contributed by atoms with Crippen molar-refractivity contribution in [1.29, 1.82) is 0 Å². The Balaban J connectivity index is 4.08. The van der Waals surface area contributed by atoms with Crippen LogP contribution in [0.25, 0.3) is 0 Å². The molecular formula is C10H20NO4P. The molecule has 6 heteroatoms. The number of amides is 1. The Morgan fingerprint density at radius 1 is 1.31 bits per heavy atom. The average Bonchev–Trinajstić information content (AvgIpc) is 2.17. The molecule has 0 aliphatic heterocycles. The molecule has 0 bridgehead atoms. The molecule has 0 aliphatic rings. The molecule has 0 aromatic carbocycles. The van der Waals surface area contributed by atoms with Crippen molar-refractivity contribution in [3.8, 4) is 0 Å². The summed E-state index contributed by atoms with van der Waals surface area (Å²) in [5, 5.41) is 2.58. The monoisotopic (exact) mass is 249 g/mol. The summed E-state index contributed by atoms with van der Waals surface area (Å²) in [6.07, 6.45) is 0.174. The van der Waals surface area contributed by atoms with E-state index in [9.17, 15) is 9.36 Å². The van der Waals surface area contributed by atoms with Crippen LogP contribution in [0.3, 0.4) is 0 Å². The van der Waals surface area contributed by atoms with Crippen molar-refractivity contribution in [2.75, 3.05) is 25.9 Å². The van der Waals surface area contributed by atoms with Gasteiger partial charge in [0.15, 0.2) is 0 Å². The number of carbonyl (C=O) groups is 1. The van der Waals surface area contributed by atoms with Crippen LogP contribution < -0.4 is 5.32 Å². The van der Waals surface area contributed by atoms with Crippen molar-refractivity contribution in [2.45, 2.75) is 20.8 Å². The van der Waals surface area contributed by atoms with Crippen molar-refractivity contribution >= 4 is 13.5 Å². The van der Waals surface area contributed by atoms with Gasteiger partial charge in [-0.05, 0) is 20.8 Å². The van der Waals surface area contributed by atoms with Gasteiger partial charge in [-0.25, -0.2) is 0 Å². The topological polar surface area (TPSA) is 64.6 Å². The van der Waals surface area contributed by atoms with E-state index in [1.807, 2.05) is 0 Å². The summed E-state index contributed by atoms with van der Waals surface area (Å²) in [4.78, 5) is 11.2. The van der Waals surface area contributed by atoms with Gasteiger partial charge in [0, 0.05) is 12.1 Å². The maximum absolute atomic E-state index is 11.9. The van der Waals surface area contributed by atoms with Crippen LogP contribution in [0.1, 0.15) is 20.8 Å². The Labute approximate surface area is 96.7 Å². The minimum absolute atomic E-state index is 0.174. The lowest BCUT2D eigenvalue weighted by Crippen LogP contribution is -2.27. The van der Waals surface area contributed by atoms with Gasteiger partial charge in [-0.15, -0.1) is 0 Å². The summed E-state index contributed by atoms with van der Waals surface area (Å²) in [7, 11) is -3.05. The van der Waals surface area contributed by atoms with Crippen LogP contribution in [0.4, 0.5) is 0 Å². The normalized spacial score (nSPS) is 11.2. The maximum atomic E-state index is 11.9. The molecule has 0 rings (SSSR count). The molecule has 0 aliphatic carbocycles. The highest BCUT2D eigenvalue weighted by Gasteiger charge is 2.22. The summed E-state index contributed by atoms with van der Waals surface area (Å²) < 4.78 is 22.1. The van der Waals surface area contributed by atoms with E-state index in [4.69, 9.17) is 9.05 Å². The third-order valence-electron chi connectivity index (χ3n) is 1.71. The third-order valence-corrected chi connectivity index (χ3v) is 3.78. The van der Waals surface area contributed by atoms with Crippen LogP contribution in [-0.4, -0.2) is 31.8 Å². The molecule has 0 aromatic heterocycles. The molecule has 0 spiro atoms. The van der Waals surface area contributed by atoms with Crippen LogP contribution in [0.5, 0.6) is 0 Å². The lowest BCUT2D eigenvalue weighted by Gasteiger charge is -2.16. The standard InChI is InChI=1S/C10H20NO4P/c1-5-14-16(13,15-6-2)8-7-11-10(12)9(3)4/h3,5-8H2,1-2,4H3,(H,11,12). The maximum Gasteiger partial charge on any atom is 0.332 e. The molecule has 0 radical (unpaired) electrons. The highest BCUT2D eigenvalue weighted by Crippen LogP contribution is 2.47. The Morgan fingerprint density at radius 2 is 1.81 bits per heavy atom. The van der Waals surface area contributed by atoms with E-state index in [-0.39, 0.29) is 18.6 Å². The Morgan fingerprint density at radius 3 is 2.19 bits per heavy atom. The first-order valence-electron chi connectivity index (χ1n) is 5.27. The molecule has 0 unspecified atom stereocenters. The first kappa shape index (κ1) is 15.4. The summed E-state index contributed by atoms with van der Waals surface area (Å²) in [6.45, 7) is 9.51. The number of hydrogen-bond acceptors (Lipinski definition) is 4. The first-order valence-corrected chi connectivity index (χ1v) is 6.99. The SMILES string of the molecule is C=C(C)C(=O)NCCP(=O)(OCC)OCC. The number of hydrogen-bond donors (Lipinski definition) is 1. The second-order valence-electron chi connectivity index (χ2n) is 3.21. The molecule has 0 atom stereocenters. The van der Waals surface area contributed by atoms with Gasteiger partial charge in [-0.1, -0.05) is 6.58 Å². The number of carbonyl (C=O) groups excluding carboxylic acids is 1. The largest absolute Gasteiger partial charge is 0.352 e.